The summed E-state index contributed by atoms with van der Waals surface area (Å²) in [5.74, 6) is -3.78. The number of esters is 3. The fourth-order valence-corrected chi connectivity index (χ4v) is 9.04. The molecule has 0 spiro atoms. The van der Waals surface area contributed by atoms with Gasteiger partial charge in [-0.05, 0) is 48.0 Å². The molecule has 238 valence electrons. The highest BCUT2D eigenvalue weighted by molar-refractivity contribution is 5.94. The molecule has 45 heavy (non-hydrogen) atoms. The number of fused-ring (bicyclic) bond motifs is 6. The minimum atomic E-state index is -1.66. The first-order valence-electron chi connectivity index (χ1n) is 15.5. The molecule has 1 aromatic heterocycles. The Morgan fingerprint density at radius 2 is 1.82 bits per heavy atom. The molecule has 9 nitrogen and oxygen atoms in total. The van der Waals surface area contributed by atoms with Gasteiger partial charge in [0.2, 0.25) is 0 Å². The van der Waals surface area contributed by atoms with Crippen molar-refractivity contribution in [1.29, 1.82) is 0 Å². The van der Waals surface area contributed by atoms with Crippen molar-refractivity contribution in [3.63, 3.8) is 0 Å². The zero-order valence-electron chi connectivity index (χ0n) is 26.3. The Bertz CT molecular complexity index is 1570. The molecule has 2 aromatic rings. The lowest BCUT2D eigenvalue weighted by Crippen LogP contribution is -2.69. The molecule has 1 saturated heterocycles. The number of rotatable bonds is 6. The molecular weight excluding hydrogens is 576 g/mol. The lowest BCUT2D eigenvalue weighted by Gasteiger charge is -2.65. The van der Waals surface area contributed by atoms with Crippen LogP contribution in [0.5, 0.6) is 0 Å². The van der Waals surface area contributed by atoms with Crippen LogP contribution in [0.1, 0.15) is 70.6 Å². The average molecular weight is 617 g/mol. The Labute approximate surface area is 262 Å². The normalized spacial score (nSPS) is 36.8. The second kappa shape index (κ2) is 10.8. The fraction of sp³-hybridized carbons (Fsp3) is 0.500. The number of ketones is 1. The maximum atomic E-state index is 14.6. The summed E-state index contributed by atoms with van der Waals surface area (Å²) in [6.07, 6.45) is 6.63. The molecule has 2 saturated carbocycles. The molecular formula is C36H40O9. The van der Waals surface area contributed by atoms with E-state index in [-0.39, 0.29) is 18.6 Å². The van der Waals surface area contributed by atoms with Crippen LogP contribution in [0, 0.1) is 34.0 Å². The van der Waals surface area contributed by atoms with Gasteiger partial charge in [-0.1, -0.05) is 64.1 Å². The van der Waals surface area contributed by atoms with Crippen LogP contribution in [0.15, 0.2) is 71.1 Å². The summed E-state index contributed by atoms with van der Waals surface area (Å²) in [4.78, 5) is 53.9. The molecule has 0 amide bonds. The highest BCUT2D eigenvalue weighted by Gasteiger charge is 2.72. The van der Waals surface area contributed by atoms with Gasteiger partial charge in [0, 0.05) is 34.3 Å². The molecule has 8 atom stereocenters. The number of benzene rings is 1. The van der Waals surface area contributed by atoms with Crippen molar-refractivity contribution in [2.75, 3.05) is 7.11 Å². The molecule has 3 fully saturated rings. The summed E-state index contributed by atoms with van der Waals surface area (Å²) in [5.41, 5.74) is -2.52. The topological polar surface area (TPSA) is 129 Å². The molecule has 2 heterocycles. The van der Waals surface area contributed by atoms with Crippen LogP contribution in [-0.4, -0.2) is 47.6 Å². The minimum Gasteiger partial charge on any atom is -0.472 e. The van der Waals surface area contributed by atoms with Crippen molar-refractivity contribution < 1.29 is 42.9 Å². The van der Waals surface area contributed by atoms with E-state index in [0.717, 1.165) is 5.56 Å². The van der Waals surface area contributed by atoms with Crippen LogP contribution >= 0.6 is 0 Å². The minimum absolute atomic E-state index is 0.0778. The smallest absolute Gasteiger partial charge is 0.331 e. The van der Waals surface area contributed by atoms with Gasteiger partial charge in [0.25, 0.3) is 0 Å². The van der Waals surface area contributed by atoms with Crippen LogP contribution in [-0.2, 0) is 33.4 Å². The molecule has 2 bridgehead atoms. The summed E-state index contributed by atoms with van der Waals surface area (Å²) >= 11 is 0. The lowest BCUT2D eigenvalue weighted by molar-refractivity contribution is -0.223. The van der Waals surface area contributed by atoms with Gasteiger partial charge in [0.15, 0.2) is 0 Å². The zero-order valence-corrected chi connectivity index (χ0v) is 26.3. The SMILES string of the molecule is COC(=O)C[C@H]1C(C)(C)[C@H](OC(=O)/C=C/c2ccccc2)[C@@H]2C=C3[C@H](CC[C@@]4(C)[C@@H](c5ccoc5)OC(=O)C[C@]34O)[C@@]1(C)C2=O. The van der Waals surface area contributed by atoms with Gasteiger partial charge in [-0.25, -0.2) is 4.79 Å². The van der Waals surface area contributed by atoms with Crippen LogP contribution in [0.4, 0.5) is 0 Å². The van der Waals surface area contributed by atoms with Crippen molar-refractivity contribution in [1.82, 2.24) is 0 Å². The summed E-state index contributed by atoms with van der Waals surface area (Å²) in [6.45, 7) is 7.61. The number of carbonyl (C=O) groups is 4. The van der Waals surface area contributed by atoms with Gasteiger partial charge < -0.3 is 23.7 Å². The number of hydrogen-bond donors (Lipinski definition) is 1. The van der Waals surface area contributed by atoms with Crippen molar-refractivity contribution in [2.45, 2.75) is 71.2 Å². The number of cyclic esters (lactones) is 1. The second-order valence-corrected chi connectivity index (χ2v) is 14.0. The Balaban J connectivity index is 1.47. The van der Waals surface area contributed by atoms with E-state index in [1.54, 1.807) is 18.2 Å². The van der Waals surface area contributed by atoms with Crippen molar-refractivity contribution >= 4 is 29.8 Å². The van der Waals surface area contributed by atoms with Crippen molar-refractivity contribution in [3.05, 3.63) is 77.8 Å². The van der Waals surface area contributed by atoms with E-state index >= 15 is 0 Å². The first-order valence-corrected chi connectivity index (χ1v) is 15.5. The first-order chi connectivity index (χ1) is 21.3. The van der Waals surface area contributed by atoms with Crippen LogP contribution in [0.3, 0.4) is 0 Å². The third-order valence-corrected chi connectivity index (χ3v) is 11.5. The van der Waals surface area contributed by atoms with E-state index in [1.165, 1.54) is 25.7 Å². The quantitative estimate of drug-likeness (QED) is 0.197. The molecule has 0 radical (unpaired) electrons. The van der Waals surface area contributed by atoms with E-state index < -0.39 is 69.7 Å². The third-order valence-electron chi connectivity index (χ3n) is 11.5. The third kappa shape index (κ3) is 4.61. The second-order valence-electron chi connectivity index (χ2n) is 14.0. The van der Waals surface area contributed by atoms with Crippen LogP contribution < -0.4 is 0 Å². The predicted molar refractivity (Wildman–Crippen MR) is 162 cm³/mol. The molecule has 9 heteroatoms. The highest BCUT2D eigenvalue weighted by atomic mass is 16.6. The molecule has 1 aliphatic heterocycles. The molecule has 1 aromatic carbocycles. The predicted octanol–water partition coefficient (Wildman–Crippen LogP) is 5.39. The van der Waals surface area contributed by atoms with E-state index in [0.29, 0.717) is 24.0 Å². The number of aliphatic hydroxyl groups is 1. The number of ether oxygens (including phenoxy) is 3. The highest BCUT2D eigenvalue weighted by Crippen LogP contribution is 2.69. The van der Waals surface area contributed by atoms with Gasteiger partial charge in [0.1, 0.15) is 23.6 Å². The first kappa shape index (κ1) is 31.0. The summed E-state index contributed by atoms with van der Waals surface area (Å²) in [7, 11) is 1.31. The number of methoxy groups -OCH3 is 1. The van der Waals surface area contributed by atoms with Gasteiger partial charge in [-0.2, -0.15) is 0 Å². The number of carbonyl (C=O) groups excluding carboxylic acids is 4. The van der Waals surface area contributed by atoms with Crippen molar-refractivity contribution in [2.24, 2.45) is 34.0 Å². The lowest BCUT2D eigenvalue weighted by atomic mass is 9.39. The zero-order chi connectivity index (χ0) is 32.4. The van der Waals surface area contributed by atoms with Crippen molar-refractivity contribution in [3.8, 4) is 0 Å². The van der Waals surface area contributed by atoms with Crippen LogP contribution in [0.2, 0.25) is 0 Å². The standard InChI is InChI=1S/C36H40O9/c1-33(2)26(18-28(38)42-5)35(4)24-13-15-34(3)31(22-14-16-43-20-22)45-29(39)19-36(34,41)25(24)17-23(30(35)40)32(33)44-27(37)12-11-21-9-7-6-8-10-21/h6-12,14,16-17,20,23-24,26,31-32,41H,13,15,18-19H2,1-5H3/b12-11+/t23-,24+,26+,31-,32-,34+,35-,36+/m1/s1. The average Bonchev–Trinajstić information content (AvgIpc) is 3.54. The Hall–Kier alpha value is -3.98. The molecule has 4 aliphatic rings. The van der Waals surface area contributed by atoms with E-state index in [9.17, 15) is 24.3 Å². The maximum absolute atomic E-state index is 14.6. The van der Waals surface area contributed by atoms with E-state index in [1.807, 2.05) is 58.0 Å². The Morgan fingerprint density at radius 3 is 2.49 bits per heavy atom. The summed E-state index contributed by atoms with van der Waals surface area (Å²) in [5, 5.41) is 12.7. The van der Waals surface area contributed by atoms with E-state index in [2.05, 4.69) is 0 Å². The molecule has 0 unspecified atom stereocenters. The van der Waals surface area contributed by atoms with Gasteiger partial charge in [-0.3, -0.25) is 14.4 Å². The fourth-order valence-electron chi connectivity index (χ4n) is 9.04. The Morgan fingerprint density at radius 1 is 1.09 bits per heavy atom. The summed E-state index contributed by atoms with van der Waals surface area (Å²) < 4.78 is 22.4. The maximum Gasteiger partial charge on any atom is 0.331 e. The molecule has 3 aliphatic carbocycles. The number of Topliss-reactive ketones (excluding diaryl/α,β-unsaturated/α-hetero) is 1. The van der Waals surface area contributed by atoms with Crippen LogP contribution in [0.25, 0.3) is 6.08 Å². The monoisotopic (exact) mass is 616 g/mol. The van der Waals surface area contributed by atoms with Gasteiger partial charge in [-0.15, -0.1) is 0 Å². The Kier molecular flexibility index (Phi) is 7.46. The van der Waals surface area contributed by atoms with Gasteiger partial charge >= 0.3 is 17.9 Å². The molecule has 1 N–H and O–H groups in total. The largest absolute Gasteiger partial charge is 0.472 e. The molecule has 6 rings (SSSR count). The summed E-state index contributed by atoms with van der Waals surface area (Å²) in [6, 6.07) is 11.0. The number of hydrogen-bond acceptors (Lipinski definition) is 9. The van der Waals surface area contributed by atoms with E-state index in [4.69, 9.17) is 18.6 Å². The number of furan rings is 1. The van der Waals surface area contributed by atoms with Gasteiger partial charge in [0.05, 0.1) is 32.0 Å².